The lowest BCUT2D eigenvalue weighted by Crippen LogP contribution is -2.55. The summed E-state index contributed by atoms with van der Waals surface area (Å²) in [7, 11) is 0. The first-order valence-electron chi connectivity index (χ1n) is 10.8. The summed E-state index contributed by atoms with van der Waals surface area (Å²) < 4.78 is 11.1. The monoisotopic (exact) mass is 426 g/mol. The molecule has 1 aromatic carbocycles. The lowest BCUT2D eigenvalue weighted by atomic mass is 10.1. The van der Waals surface area contributed by atoms with Crippen molar-refractivity contribution < 1.29 is 18.7 Å². The third-order valence-corrected chi connectivity index (χ3v) is 5.76. The SMILES string of the molecule is Cc1ccc(CN2CCNC(=O)C2CC(=O)Nc2ccccc2CN2CCOCC2)o1. The van der Waals surface area contributed by atoms with Gasteiger partial charge in [0.05, 0.1) is 32.2 Å². The molecule has 2 fully saturated rings. The molecule has 0 radical (unpaired) electrons. The van der Waals surface area contributed by atoms with Crippen LogP contribution in [0.5, 0.6) is 0 Å². The second-order valence-electron chi connectivity index (χ2n) is 8.09. The predicted molar refractivity (Wildman–Crippen MR) is 116 cm³/mol. The minimum Gasteiger partial charge on any atom is -0.465 e. The van der Waals surface area contributed by atoms with Gasteiger partial charge in [-0.2, -0.15) is 0 Å². The van der Waals surface area contributed by atoms with Gasteiger partial charge < -0.3 is 19.8 Å². The van der Waals surface area contributed by atoms with Crippen molar-refractivity contribution in [1.29, 1.82) is 0 Å². The van der Waals surface area contributed by atoms with Gasteiger partial charge in [-0.1, -0.05) is 18.2 Å². The fraction of sp³-hybridized carbons (Fsp3) is 0.478. The fourth-order valence-electron chi connectivity index (χ4n) is 4.10. The van der Waals surface area contributed by atoms with Crippen molar-refractivity contribution in [1.82, 2.24) is 15.1 Å². The molecule has 2 saturated heterocycles. The Labute approximate surface area is 182 Å². The largest absolute Gasteiger partial charge is 0.465 e. The summed E-state index contributed by atoms with van der Waals surface area (Å²) in [4.78, 5) is 29.8. The van der Waals surface area contributed by atoms with E-state index in [0.29, 0.717) is 19.6 Å². The van der Waals surface area contributed by atoms with Crippen LogP contribution in [0.15, 0.2) is 40.8 Å². The zero-order valence-electron chi connectivity index (χ0n) is 17.9. The Morgan fingerprint density at radius 1 is 1.13 bits per heavy atom. The number of hydrogen-bond acceptors (Lipinski definition) is 6. The Balaban J connectivity index is 1.40. The van der Waals surface area contributed by atoms with Crippen molar-refractivity contribution in [2.75, 3.05) is 44.7 Å². The Morgan fingerprint density at radius 3 is 2.71 bits per heavy atom. The maximum absolute atomic E-state index is 12.9. The molecule has 2 aliphatic rings. The first kappa shape index (κ1) is 21.5. The highest BCUT2D eigenvalue weighted by atomic mass is 16.5. The molecule has 8 heteroatoms. The van der Waals surface area contributed by atoms with E-state index < -0.39 is 6.04 Å². The molecule has 166 valence electrons. The van der Waals surface area contributed by atoms with Crippen molar-refractivity contribution in [3.05, 3.63) is 53.5 Å². The van der Waals surface area contributed by atoms with Crippen LogP contribution >= 0.6 is 0 Å². The molecule has 2 N–H and O–H groups in total. The molecule has 0 bridgehead atoms. The summed E-state index contributed by atoms with van der Waals surface area (Å²) in [6.07, 6.45) is 0.0947. The molecule has 1 aromatic heterocycles. The van der Waals surface area contributed by atoms with Gasteiger partial charge in [-0.15, -0.1) is 0 Å². The summed E-state index contributed by atoms with van der Waals surface area (Å²) in [6.45, 7) is 7.63. The van der Waals surface area contributed by atoms with Crippen LogP contribution in [0, 0.1) is 6.92 Å². The van der Waals surface area contributed by atoms with E-state index >= 15 is 0 Å². The molecule has 31 heavy (non-hydrogen) atoms. The van der Waals surface area contributed by atoms with Crippen molar-refractivity contribution in [2.45, 2.75) is 32.5 Å². The molecule has 0 saturated carbocycles. The summed E-state index contributed by atoms with van der Waals surface area (Å²) in [5.74, 6) is 1.35. The van der Waals surface area contributed by atoms with Gasteiger partial charge in [-0.05, 0) is 30.7 Å². The number of morpholine rings is 1. The molecule has 2 amide bonds. The zero-order chi connectivity index (χ0) is 21.6. The Kier molecular flexibility index (Phi) is 7.01. The van der Waals surface area contributed by atoms with E-state index in [1.807, 2.05) is 48.2 Å². The number of hydrogen-bond donors (Lipinski definition) is 2. The highest BCUT2D eigenvalue weighted by Gasteiger charge is 2.32. The fourth-order valence-corrected chi connectivity index (χ4v) is 4.10. The Hall–Kier alpha value is -2.68. The van der Waals surface area contributed by atoms with Crippen molar-refractivity contribution in [3.63, 3.8) is 0 Å². The highest BCUT2D eigenvalue weighted by molar-refractivity contribution is 5.96. The smallest absolute Gasteiger partial charge is 0.237 e. The van der Waals surface area contributed by atoms with Gasteiger partial charge in [0.1, 0.15) is 11.5 Å². The van der Waals surface area contributed by atoms with E-state index in [1.54, 1.807) is 0 Å². The topological polar surface area (TPSA) is 87.1 Å². The van der Waals surface area contributed by atoms with Crippen LogP contribution in [0.2, 0.25) is 0 Å². The van der Waals surface area contributed by atoms with E-state index in [0.717, 1.165) is 55.6 Å². The minimum absolute atomic E-state index is 0.0947. The highest BCUT2D eigenvalue weighted by Crippen LogP contribution is 2.20. The zero-order valence-corrected chi connectivity index (χ0v) is 17.9. The van der Waals surface area contributed by atoms with Gasteiger partial charge >= 0.3 is 0 Å². The first-order valence-corrected chi connectivity index (χ1v) is 10.8. The summed E-state index contributed by atoms with van der Waals surface area (Å²) >= 11 is 0. The molecule has 2 aliphatic heterocycles. The van der Waals surface area contributed by atoms with Crippen LogP contribution in [0.25, 0.3) is 0 Å². The van der Waals surface area contributed by atoms with Crippen LogP contribution in [0.1, 0.15) is 23.5 Å². The van der Waals surface area contributed by atoms with Gasteiger partial charge in [0.25, 0.3) is 0 Å². The second kappa shape index (κ2) is 10.1. The molecular weight excluding hydrogens is 396 g/mol. The number of ether oxygens (including phenoxy) is 1. The lowest BCUT2D eigenvalue weighted by molar-refractivity contribution is -0.132. The van der Waals surface area contributed by atoms with Crippen LogP contribution in [0.3, 0.4) is 0 Å². The number of rotatable bonds is 7. The minimum atomic E-state index is -0.523. The molecule has 0 spiro atoms. The van der Waals surface area contributed by atoms with Gasteiger partial charge in [0, 0.05) is 38.4 Å². The quantitative estimate of drug-likeness (QED) is 0.702. The van der Waals surface area contributed by atoms with E-state index in [4.69, 9.17) is 9.15 Å². The summed E-state index contributed by atoms with van der Waals surface area (Å²) in [5, 5.41) is 5.91. The lowest BCUT2D eigenvalue weighted by Gasteiger charge is -2.34. The molecule has 1 atom stereocenters. The number of nitrogens with zero attached hydrogens (tertiary/aromatic N) is 2. The number of carbonyl (C=O) groups excluding carboxylic acids is 2. The maximum atomic E-state index is 12.9. The third-order valence-electron chi connectivity index (χ3n) is 5.76. The molecule has 8 nitrogen and oxygen atoms in total. The van der Waals surface area contributed by atoms with Crippen molar-refractivity contribution >= 4 is 17.5 Å². The number of benzene rings is 1. The molecule has 2 aromatic rings. The summed E-state index contributed by atoms with van der Waals surface area (Å²) in [5.41, 5.74) is 1.86. The standard InChI is InChI=1S/C23H30N4O4/c1-17-6-7-19(31-17)16-27-9-8-24-23(29)21(27)14-22(28)25-20-5-3-2-4-18(20)15-26-10-12-30-13-11-26/h2-7,21H,8-16H2,1H3,(H,24,29)(H,25,28). The second-order valence-corrected chi connectivity index (χ2v) is 8.09. The van der Waals surface area contributed by atoms with Gasteiger partial charge in [-0.25, -0.2) is 0 Å². The molecule has 0 aliphatic carbocycles. The number of carbonyl (C=O) groups is 2. The number of aryl methyl sites for hydroxylation is 1. The molecule has 3 heterocycles. The van der Waals surface area contributed by atoms with E-state index in [-0.39, 0.29) is 18.2 Å². The molecular formula is C23H30N4O4. The van der Waals surface area contributed by atoms with Crippen LogP contribution in [-0.4, -0.2) is 67.0 Å². The van der Waals surface area contributed by atoms with Gasteiger partial charge in [-0.3, -0.25) is 19.4 Å². The number of amides is 2. The van der Waals surface area contributed by atoms with Gasteiger partial charge in [0.15, 0.2) is 0 Å². The maximum Gasteiger partial charge on any atom is 0.237 e. The average molecular weight is 427 g/mol. The number of anilines is 1. The first-order chi connectivity index (χ1) is 15.1. The van der Waals surface area contributed by atoms with E-state index in [2.05, 4.69) is 15.5 Å². The van der Waals surface area contributed by atoms with Crippen LogP contribution in [-0.2, 0) is 27.4 Å². The van der Waals surface area contributed by atoms with Gasteiger partial charge in [0.2, 0.25) is 11.8 Å². The Morgan fingerprint density at radius 2 is 1.94 bits per heavy atom. The Bertz CT molecular complexity index is 906. The van der Waals surface area contributed by atoms with Crippen molar-refractivity contribution in [3.8, 4) is 0 Å². The van der Waals surface area contributed by atoms with Crippen LogP contribution < -0.4 is 10.6 Å². The number of piperazine rings is 1. The number of nitrogens with one attached hydrogen (secondary N) is 2. The number of furan rings is 1. The number of para-hydroxylation sites is 1. The van der Waals surface area contributed by atoms with Crippen LogP contribution in [0.4, 0.5) is 5.69 Å². The third kappa shape index (κ3) is 5.72. The molecule has 1 unspecified atom stereocenters. The van der Waals surface area contributed by atoms with E-state index in [9.17, 15) is 9.59 Å². The normalized spacial score (nSPS) is 20.4. The summed E-state index contributed by atoms with van der Waals surface area (Å²) in [6, 6.07) is 11.1. The molecule has 4 rings (SSSR count). The van der Waals surface area contributed by atoms with E-state index in [1.165, 1.54) is 0 Å². The van der Waals surface area contributed by atoms with Crippen molar-refractivity contribution in [2.24, 2.45) is 0 Å². The predicted octanol–water partition coefficient (Wildman–Crippen LogP) is 1.75. The average Bonchev–Trinajstić information content (AvgIpc) is 3.17.